The monoisotopic (exact) mass is 355 g/mol. The van der Waals surface area contributed by atoms with Gasteiger partial charge in [-0.2, -0.15) is 5.26 Å². The molecule has 0 unspecified atom stereocenters. The summed E-state index contributed by atoms with van der Waals surface area (Å²) < 4.78 is 15.1. The van der Waals surface area contributed by atoms with Crippen LogP contribution in [-0.2, 0) is 6.54 Å². The van der Waals surface area contributed by atoms with Crippen LogP contribution in [0.25, 0.3) is 0 Å². The highest BCUT2D eigenvalue weighted by molar-refractivity contribution is 14.1. The number of halogens is 2. The highest BCUT2D eigenvalue weighted by Gasteiger charge is 2.04. The Kier molecular flexibility index (Phi) is 3.72. The molecule has 0 N–H and O–H groups in total. The topological polar surface area (TPSA) is 58.7 Å². The molecule has 2 rings (SSSR count). The molecule has 0 saturated carbocycles. The predicted molar refractivity (Wildman–Crippen MR) is 71.4 cm³/mol. The number of benzene rings is 1. The Bertz CT molecular complexity index is 690. The lowest BCUT2D eigenvalue weighted by Crippen LogP contribution is -2.23. The van der Waals surface area contributed by atoms with Crippen LogP contribution < -0.4 is 5.56 Å². The normalized spacial score (nSPS) is 10.1. The van der Waals surface area contributed by atoms with Crippen LogP contribution in [0.4, 0.5) is 4.39 Å². The van der Waals surface area contributed by atoms with Crippen molar-refractivity contribution in [1.29, 1.82) is 5.26 Å². The van der Waals surface area contributed by atoms with Gasteiger partial charge in [-0.05, 0) is 46.4 Å². The maximum Gasteiger partial charge on any atom is 0.267 e. The van der Waals surface area contributed by atoms with Gasteiger partial charge < -0.3 is 0 Å². The maximum absolute atomic E-state index is 13.2. The van der Waals surface area contributed by atoms with Gasteiger partial charge in [0.25, 0.3) is 5.56 Å². The summed E-state index contributed by atoms with van der Waals surface area (Å²) in [6.45, 7) is 0.190. The third-order valence-electron chi connectivity index (χ3n) is 2.30. The molecule has 0 spiro atoms. The quantitative estimate of drug-likeness (QED) is 0.774. The second-order valence-electron chi connectivity index (χ2n) is 3.63. The lowest BCUT2D eigenvalue weighted by molar-refractivity contribution is 0.621. The van der Waals surface area contributed by atoms with Crippen LogP contribution in [0.1, 0.15) is 11.1 Å². The van der Waals surface area contributed by atoms with E-state index >= 15 is 0 Å². The van der Waals surface area contributed by atoms with Crippen molar-refractivity contribution >= 4 is 22.6 Å². The van der Waals surface area contributed by atoms with E-state index < -0.39 is 5.82 Å². The number of nitrogens with zero attached hydrogens (tertiary/aromatic N) is 3. The molecule has 0 amide bonds. The molecule has 0 aliphatic heterocycles. The molecule has 0 atom stereocenters. The van der Waals surface area contributed by atoms with E-state index in [0.29, 0.717) is 9.13 Å². The van der Waals surface area contributed by atoms with Gasteiger partial charge in [-0.1, -0.05) is 0 Å². The summed E-state index contributed by atoms with van der Waals surface area (Å²) in [7, 11) is 0. The van der Waals surface area contributed by atoms with Crippen LogP contribution in [0.3, 0.4) is 0 Å². The molecular weight excluding hydrogens is 348 g/mol. The minimum Gasteiger partial charge on any atom is -0.294 e. The van der Waals surface area contributed by atoms with Crippen LogP contribution in [-0.4, -0.2) is 9.55 Å². The molecule has 0 bridgehead atoms. The van der Waals surface area contributed by atoms with E-state index in [1.807, 2.05) is 28.7 Å². The van der Waals surface area contributed by atoms with Gasteiger partial charge in [-0.25, -0.2) is 9.37 Å². The zero-order valence-corrected chi connectivity index (χ0v) is 11.3. The summed E-state index contributed by atoms with van der Waals surface area (Å²) in [6.07, 6.45) is 2.85. The summed E-state index contributed by atoms with van der Waals surface area (Å²) in [4.78, 5) is 15.7. The van der Waals surface area contributed by atoms with E-state index in [1.54, 1.807) is 6.07 Å². The van der Waals surface area contributed by atoms with Gasteiger partial charge >= 0.3 is 0 Å². The highest BCUT2D eigenvalue weighted by Crippen LogP contribution is 2.09. The summed E-state index contributed by atoms with van der Waals surface area (Å²) in [6, 6.07) is 5.88. The zero-order valence-electron chi connectivity index (χ0n) is 9.10. The Balaban J connectivity index is 2.41. The molecule has 1 aromatic carbocycles. The minimum atomic E-state index is -0.490. The van der Waals surface area contributed by atoms with Crippen molar-refractivity contribution in [1.82, 2.24) is 9.55 Å². The summed E-state index contributed by atoms with van der Waals surface area (Å²) >= 11 is 1.89. The van der Waals surface area contributed by atoms with E-state index in [0.717, 1.165) is 6.07 Å². The smallest absolute Gasteiger partial charge is 0.267 e. The Morgan fingerprint density at radius 3 is 2.94 bits per heavy atom. The van der Waals surface area contributed by atoms with Crippen molar-refractivity contribution in [2.24, 2.45) is 0 Å². The first kappa shape index (κ1) is 12.7. The molecule has 90 valence electrons. The third kappa shape index (κ3) is 2.73. The van der Waals surface area contributed by atoms with E-state index in [1.165, 1.54) is 23.2 Å². The Labute approximate surface area is 116 Å². The number of aromatic nitrogens is 2. The Morgan fingerprint density at radius 1 is 1.44 bits per heavy atom. The van der Waals surface area contributed by atoms with Gasteiger partial charge in [0.15, 0.2) is 0 Å². The van der Waals surface area contributed by atoms with Crippen molar-refractivity contribution in [2.75, 3.05) is 0 Å². The largest absolute Gasteiger partial charge is 0.294 e. The van der Waals surface area contributed by atoms with Gasteiger partial charge in [0.1, 0.15) is 5.82 Å². The second-order valence-corrected chi connectivity index (χ2v) is 4.80. The number of rotatable bonds is 2. The predicted octanol–water partition coefficient (Wildman–Crippen LogP) is 1.91. The van der Waals surface area contributed by atoms with Gasteiger partial charge in [-0.15, -0.1) is 0 Å². The van der Waals surface area contributed by atoms with Gasteiger partial charge in [0, 0.05) is 6.20 Å². The van der Waals surface area contributed by atoms with Crippen LogP contribution in [0.15, 0.2) is 35.5 Å². The van der Waals surface area contributed by atoms with Crippen molar-refractivity contribution in [2.45, 2.75) is 6.54 Å². The first-order valence-corrected chi connectivity index (χ1v) is 6.07. The zero-order chi connectivity index (χ0) is 13.1. The lowest BCUT2D eigenvalue weighted by atomic mass is 10.1. The standard InChI is InChI=1S/C12H7FIN3O/c13-10-2-8(4-15)1-9(3-10)6-17-7-16-5-11(14)12(17)18/h1-3,5,7H,6H2. The van der Waals surface area contributed by atoms with Gasteiger partial charge in [-0.3, -0.25) is 9.36 Å². The average Bonchev–Trinajstić information content (AvgIpc) is 2.34. The van der Waals surface area contributed by atoms with Crippen molar-refractivity contribution < 1.29 is 4.39 Å². The van der Waals surface area contributed by atoms with Crippen LogP contribution >= 0.6 is 22.6 Å². The summed E-state index contributed by atoms with van der Waals surface area (Å²) in [5, 5.41) is 8.75. The number of hydrogen-bond donors (Lipinski definition) is 0. The first-order chi connectivity index (χ1) is 8.60. The molecule has 0 fully saturated rings. The first-order valence-electron chi connectivity index (χ1n) is 4.99. The fraction of sp³-hybridized carbons (Fsp3) is 0.0833. The number of hydrogen-bond acceptors (Lipinski definition) is 3. The van der Waals surface area contributed by atoms with Crippen LogP contribution in [0.2, 0.25) is 0 Å². The molecule has 1 aromatic heterocycles. The molecule has 0 aliphatic rings. The molecule has 4 nitrogen and oxygen atoms in total. The van der Waals surface area contributed by atoms with E-state index in [-0.39, 0.29) is 17.7 Å². The van der Waals surface area contributed by atoms with Gasteiger partial charge in [0.05, 0.1) is 28.1 Å². The van der Waals surface area contributed by atoms with Crippen molar-refractivity contribution in [3.05, 3.63) is 61.6 Å². The van der Waals surface area contributed by atoms with Crippen LogP contribution in [0.5, 0.6) is 0 Å². The Morgan fingerprint density at radius 2 is 2.22 bits per heavy atom. The second kappa shape index (κ2) is 5.27. The maximum atomic E-state index is 13.2. The molecule has 0 aliphatic carbocycles. The molecule has 18 heavy (non-hydrogen) atoms. The summed E-state index contributed by atoms with van der Waals surface area (Å²) in [5.74, 6) is -0.490. The fourth-order valence-corrected chi connectivity index (χ4v) is 2.01. The van der Waals surface area contributed by atoms with E-state index in [9.17, 15) is 9.18 Å². The molecule has 0 saturated heterocycles. The van der Waals surface area contributed by atoms with Crippen molar-refractivity contribution in [3.8, 4) is 6.07 Å². The molecular formula is C12H7FIN3O. The average molecular weight is 355 g/mol. The van der Waals surface area contributed by atoms with Gasteiger partial charge in [0.2, 0.25) is 0 Å². The SMILES string of the molecule is N#Cc1cc(F)cc(Cn2cncc(I)c2=O)c1. The lowest BCUT2D eigenvalue weighted by Gasteiger charge is -2.06. The molecule has 1 heterocycles. The fourth-order valence-electron chi connectivity index (χ4n) is 1.54. The molecule has 2 aromatic rings. The molecule has 6 heteroatoms. The van der Waals surface area contributed by atoms with E-state index in [2.05, 4.69) is 4.98 Å². The minimum absolute atomic E-state index is 0.187. The van der Waals surface area contributed by atoms with E-state index in [4.69, 9.17) is 5.26 Å². The Hall–Kier alpha value is -1.75. The highest BCUT2D eigenvalue weighted by atomic mass is 127. The third-order valence-corrected chi connectivity index (χ3v) is 3.04. The summed E-state index contributed by atoms with van der Waals surface area (Å²) in [5.41, 5.74) is 0.599. The number of nitriles is 1. The van der Waals surface area contributed by atoms with Crippen molar-refractivity contribution in [3.63, 3.8) is 0 Å². The van der Waals surface area contributed by atoms with Crippen LogP contribution in [0, 0.1) is 20.7 Å². The molecule has 0 radical (unpaired) electrons.